The maximum absolute atomic E-state index is 12.4. The van der Waals surface area contributed by atoms with Crippen LogP contribution in [0.3, 0.4) is 0 Å². The van der Waals surface area contributed by atoms with Gasteiger partial charge in [0.2, 0.25) is 11.8 Å². The van der Waals surface area contributed by atoms with Crippen molar-refractivity contribution in [3.8, 4) is 0 Å². The smallest absolute Gasteiger partial charge is 0.244 e. The molecule has 0 spiro atoms. The molecular formula is C31H36Cl2N4O2. The number of H-pyrrole nitrogens is 1. The fraction of sp³-hybridized carbons (Fsp3) is 0.419. The Bertz CT molecular complexity index is 1350. The van der Waals surface area contributed by atoms with E-state index < -0.39 is 0 Å². The van der Waals surface area contributed by atoms with Gasteiger partial charge in [-0.15, -0.1) is 0 Å². The Kier molecular flexibility index (Phi) is 8.96. The van der Waals surface area contributed by atoms with Crippen molar-refractivity contribution in [3.63, 3.8) is 0 Å². The maximum Gasteiger partial charge on any atom is 0.244 e. The van der Waals surface area contributed by atoms with E-state index in [4.69, 9.17) is 23.2 Å². The number of hydrogen-bond acceptors (Lipinski definition) is 3. The molecule has 206 valence electrons. The van der Waals surface area contributed by atoms with Gasteiger partial charge in [0, 0.05) is 48.4 Å². The monoisotopic (exact) mass is 566 g/mol. The molecule has 3 aromatic rings. The second-order valence-corrected chi connectivity index (χ2v) is 11.8. The molecule has 1 aromatic heterocycles. The molecule has 2 amide bonds. The van der Waals surface area contributed by atoms with Gasteiger partial charge in [-0.3, -0.25) is 9.59 Å². The topological polar surface area (TPSA) is 77.2 Å². The number of aromatic nitrogens is 1. The number of benzene rings is 2. The van der Waals surface area contributed by atoms with E-state index in [1.807, 2.05) is 18.2 Å². The van der Waals surface area contributed by atoms with E-state index in [1.54, 1.807) is 31.2 Å². The number of carbonyl (C=O) groups excluding carboxylic acids is 2. The molecule has 3 N–H and O–H groups in total. The number of hydrogen-bond donors (Lipinski definition) is 3. The summed E-state index contributed by atoms with van der Waals surface area (Å²) < 4.78 is 0. The molecule has 2 aromatic carbocycles. The first-order valence-corrected chi connectivity index (χ1v) is 14.6. The van der Waals surface area contributed by atoms with E-state index in [-0.39, 0.29) is 17.9 Å². The number of amides is 2. The van der Waals surface area contributed by atoms with Gasteiger partial charge in [-0.1, -0.05) is 29.3 Å². The highest BCUT2D eigenvalue weighted by Crippen LogP contribution is 2.35. The first-order valence-electron chi connectivity index (χ1n) is 13.9. The van der Waals surface area contributed by atoms with E-state index in [0.717, 1.165) is 74.9 Å². The Balaban J connectivity index is 1.05. The summed E-state index contributed by atoms with van der Waals surface area (Å²) in [4.78, 5) is 29.9. The highest BCUT2D eigenvalue weighted by molar-refractivity contribution is 6.42. The molecule has 5 rings (SSSR count). The van der Waals surface area contributed by atoms with Crippen molar-refractivity contribution in [2.75, 3.05) is 25.0 Å². The summed E-state index contributed by atoms with van der Waals surface area (Å²) in [5.74, 6) is 1.11. The average Bonchev–Trinajstić information content (AvgIpc) is 3.34. The van der Waals surface area contributed by atoms with Gasteiger partial charge >= 0.3 is 0 Å². The highest BCUT2D eigenvalue weighted by atomic mass is 35.5. The summed E-state index contributed by atoms with van der Waals surface area (Å²) in [5, 5.41) is 8.27. The lowest BCUT2D eigenvalue weighted by molar-refractivity contribution is -0.117. The molecule has 2 fully saturated rings. The van der Waals surface area contributed by atoms with Crippen molar-refractivity contribution in [1.82, 2.24) is 15.2 Å². The van der Waals surface area contributed by atoms with Crippen molar-refractivity contribution in [2.45, 2.75) is 57.4 Å². The van der Waals surface area contributed by atoms with Gasteiger partial charge in [-0.2, -0.15) is 0 Å². The van der Waals surface area contributed by atoms with Gasteiger partial charge in [-0.05, 0) is 111 Å². The quantitative estimate of drug-likeness (QED) is 0.269. The normalized spacial score (nSPS) is 20.9. The van der Waals surface area contributed by atoms with Crippen LogP contribution < -0.4 is 10.6 Å². The molecule has 1 saturated heterocycles. The summed E-state index contributed by atoms with van der Waals surface area (Å²) in [5.41, 5.74) is 4.19. The van der Waals surface area contributed by atoms with Crippen LogP contribution in [0, 0.1) is 5.92 Å². The Hall–Kier alpha value is -2.80. The Morgan fingerprint density at radius 3 is 2.49 bits per heavy atom. The molecule has 0 bridgehead atoms. The molecule has 2 heterocycles. The maximum atomic E-state index is 12.4. The third-order valence-corrected chi connectivity index (χ3v) is 8.88. The molecule has 1 aliphatic carbocycles. The first-order chi connectivity index (χ1) is 18.8. The number of likely N-dealkylation sites (tertiary alicyclic amines) is 1. The molecule has 8 heteroatoms. The highest BCUT2D eigenvalue weighted by Gasteiger charge is 2.27. The predicted molar refractivity (Wildman–Crippen MR) is 160 cm³/mol. The summed E-state index contributed by atoms with van der Waals surface area (Å²) in [7, 11) is 0. The summed E-state index contributed by atoms with van der Waals surface area (Å²) >= 11 is 12.0. The number of nitrogens with one attached hydrogen (secondary N) is 3. The van der Waals surface area contributed by atoms with Gasteiger partial charge in [0.15, 0.2) is 0 Å². The van der Waals surface area contributed by atoms with Crippen molar-refractivity contribution in [2.24, 2.45) is 5.92 Å². The van der Waals surface area contributed by atoms with Crippen molar-refractivity contribution >= 4 is 57.7 Å². The Labute approximate surface area is 240 Å². The largest absolute Gasteiger partial charge is 0.361 e. The zero-order valence-corrected chi connectivity index (χ0v) is 23.8. The summed E-state index contributed by atoms with van der Waals surface area (Å²) in [6.07, 6.45) is 12.1. The zero-order valence-electron chi connectivity index (χ0n) is 22.3. The zero-order chi connectivity index (χ0) is 27.4. The number of piperidine rings is 1. The lowest BCUT2D eigenvalue weighted by Gasteiger charge is -2.36. The van der Waals surface area contributed by atoms with Crippen LogP contribution in [0.1, 0.15) is 62.5 Å². The van der Waals surface area contributed by atoms with Crippen LogP contribution in [0.15, 0.2) is 48.7 Å². The first kappa shape index (κ1) is 27.8. The Morgan fingerprint density at radius 2 is 1.77 bits per heavy atom. The number of halogens is 2. The molecule has 0 atom stereocenters. The van der Waals surface area contributed by atoms with Crippen LogP contribution in [-0.4, -0.2) is 47.4 Å². The number of nitrogens with zero attached hydrogens (tertiary/aromatic N) is 1. The number of anilines is 1. The third kappa shape index (κ3) is 7.24. The van der Waals surface area contributed by atoms with Crippen LogP contribution in [-0.2, 0) is 9.59 Å². The van der Waals surface area contributed by atoms with Crippen molar-refractivity contribution in [1.29, 1.82) is 0 Å². The van der Waals surface area contributed by atoms with Gasteiger partial charge < -0.3 is 20.5 Å². The minimum atomic E-state index is -0.0620. The van der Waals surface area contributed by atoms with Gasteiger partial charge in [0.25, 0.3) is 0 Å². The molecule has 0 unspecified atom stereocenters. The van der Waals surface area contributed by atoms with Gasteiger partial charge in [0.1, 0.15) is 0 Å². The molecule has 2 aliphatic rings. The van der Waals surface area contributed by atoms with Crippen LogP contribution in [0.5, 0.6) is 0 Å². The van der Waals surface area contributed by atoms with Crippen LogP contribution in [0.25, 0.3) is 17.0 Å². The number of fused-ring (bicyclic) bond motifs is 1. The van der Waals surface area contributed by atoms with Gasteiger partial charge in [-0.25, -0.2) is 0 Å². The molecule has 1 aliphatic heterocycles. The van der Waals surface area contributed by atoms with Crippen LogP contribution in [0.4, 0.5) is 5.69 Å². The fourth-order valence-corrected chi connectivity index (χ4v) is 6.39. The standard InChI is InChI=1S/C31H36Cl2N4O2/c1-20(38)35-25-8-10-30-26(17-25)27(18-34-30)23-12-14-37(15-13-23)19-22-2-6-24(7-3-22)36-31(39)11-5-21-4-9-28(32)29(33)16-21/h4-5,8-11,16-18,22-24,34H,2-3,6-7,12-15,19H2,1H3,(H,35,38)(H,36,39)/b11-5+. The van der Waals surface area contributed by atoms with Crippen LogP contribution >= 0.6 is 23.2 Å². The number of aromatic amines is 1. The molecule has 6 nitrogen and oxygen atoms in total. The van der Waals surface area contributed by atoms with Crippen LogP contribution in [0.2, 0.25) is 10.0 Å². The fourth-order valence-electron chi connectivity index (χ4n) is 6.08. The molecule has 1 saturated carbocycles. The second kappa shape index (κ2) is 12.6. The SMILES string of the molecule is CC(=O)Nc1ccc2[nH]cc(C3CCN(CC4CCC(NC(=O)/C=C/c5ccc(Cl)c(Cl)c5)CC4)CC3)c2c1. The van der Waals surface area contributed by atoms with Crippen molar-refractivity contribution < 1.29 is 9.59 Å². The molecular weight excluding hydrogens is 531 g/mol. The summed E-state index contributed by atoms with van der Waals surface area (Å²) in [6, 6.07) is 11.7. The second-order valence-electron chi connectivity index (χ2n) is 11.0. The van der Waals surface area contributed by atoms with E-state index >= 15 is 0 Å². The van der Waals surface area contributed by atoms with E-state index in [0.29, 0.717) is 21.9 Å². The lowest BCUT2D eigenvalue weighted by atomic mass is 9.84. The van der Waals surface area contributed by atoms with E-state index in [1.165, 1.54) is 10.9 Å². The molecule has 0 radical (unpaired) electrons. The average molecular weight is 568 g/mol. The van der Waals surface area contributed by atoms with E-state index in [2.05, 4.69) is 32.8 Å². The minimum Gasteiger partial charge on any atom is -0.361 e. The van der Waals surface area contributed by atoms with Crippen molar-refractivity contribution in [3.05, 3.63) is 69.8 Å². The lowest BCUT2D eigenvalue weighted by Crippen LogP contribution is -2.41. The minimum absolute atomic E-state index is 0.0482. The number of rotatable bonds is 7. The predicted octanol–water partition coefficient (Wildman–Crippen LogP) is 7.00. The van der Waals surface area contributed by atoms with E-state index in [9.17, 15) is 9.59 Å². The molecule has 39 heavy (non-hydrogen) atoms. The Morgan fingerprint density at radius 1 is 1.00 bits per heavy atom. The third-order valence-electron chi connectivity index (χ3n) is 8.14. The van der Waals surface area contributed by atoms with Gasteiger partial charge in [0.05, 0.1) is 10.0 Å². The summed E-state index contributed by atoms with van der Waals surface area (Å²) in [6.45, 7) is 4.90. The number of carbonyl (C=O) groups is 2.